The average Bonchev–Trinajstić information content (AvgIpc) is 2.90. The van der Waals surface area contributed by atoms with Crippen LogP contribution in [0.3, 0.4) is 0 Å². The van der Waals surface area contributed by atoms with Crippen molar-refractivity contribution in [2.45, 2.75) is 50.3 Å². The van der Waals surface area contributed by atoms with E-state index in [9.17, 15) is 5.11 Å². The van der Waals surface area contributed by atoms with Crippen molar-refractivity contribution in [1.29, 1.82) is 0 Å². The van der Waals surface area contributed by atoms with Crippen molar-refractivity contribution in [3.63, 3.8) is 0 Å². The minimum atomic E-state index is -0.467. The van der Waals surface area contributed by atoms with E-state index in [1.54, 1.807) is 0 Å². The van der Waals surface area contributed by atoms with E-state index < -0.39 is 6.10 Å². The Bertz CT molecular complexity index is 336. The van der Waals surface area contributed by atoms with Crippen LogP contribution in [0.5, 0.6) is 0 Å². The summed E-state index contributed by atoms with van der Waals surface area (Å²) in [6.45, 7) is 0.610. The first kappa shape index (κ1) is 13.5. The van der Waals surface area contributed by atoms with Gasteiger partial charge in [0.2, 0.25) is 0 Å². The molecule has 18 heavy (non-hydrogen) atoms. The van der Waals surface area contributed by atoms with Crippen molar-refractivity contribution >= 4 is 0 Å². The topological polar surface area (TPSA) is 58.3 Å². The number of aliphatic hydroxyl groups is 1. The minimum Gasteiger partial charge on any atom is -0.390 e. The van der Waals surface area contributed by atoms with Gasteiger partial charge in [-0.25, -0.2) is 0 Å². The lowest BCUT2D eigenvalue weighted by Gasteiger charge is -2.21. The summed E-state index contributed by atoms with van der Waals surface area (Å²) in [5, 5.41) is 13.5. The number of nitrogens with one attached hydrogen (secondary N) is 1. The Hall–Kier alpha value is -0.900. The molecule has 100 valence electrons. The first-order valence-electron chi connectivity index (χ1n) is 6.96. The summed E-state index contributed by atoms with van der Waals surface area (Å²) < 4.78 is 0. The first-order chi connectivity index (χ1) is 8.75. The van der Waals surface area contributed by atoms with E-state index in [1.165, 1.54) is 31.2 Å². The quantitative estimate of drug-likeness (QED) is 0.714. The van der Waals surface area contributed by atoms with Gasteiger partial charge in [0.15, 0.2) is 0 Å². The Balaban J connectivity index is 1.72. The van der Waals surface area contributed by atoms with Crippen LogP contribution in [0.25, 0.3) is 0 Å². The van der Waals surface area contributed by atoms with Crippen LogP contribution in [0.2, 0.25) is 0 Å². The highest BCUT2D eigenvalue weighted by atomic mass is 16.3. The van der Waals surface area contributed by atoms with Crippen LogP contribution in [0.1, 0.15) is 31.2 Å². The van der Waals surface area contributed by atoms with E-state index >= 15 is 0 Å². The third-order valence-corrected chi connectivity index (χ3v) is 3.78. The Labute approximate surface area is 109 Å². The Kier molecular flexibility index (Phi) is 5.17. The molecular weight excluding hydrogens is 224 g/mol. The van der Waals surface area contributed by atoms with Crippen molar-refractivity contribution in [3.8, 4) is 0 Å². The third-order valence-electron chi connectivity index (χ3n) is 3.78. The molecule has 3 heteroatoms. The third kappa shape index (κ3) is 4.09. The van der Waals surface area contributed by atoms with Gasteiger partial charge in [-0.3, -0.25) is 0 Å². The molecule has 0 aliphatic heterocycles. The van der Waals surface area contributed by atoms with Gasteiger partial charge in [-0.1, -0.05) is 43.2 Å². The molecule has 3 nitrogen and oxygen atoms in total. The van der Waals surface area contributed by atoms with Crippen molar-refractivity contribution < 1.29 is 5.11 Å². The van der Waals surface area contributed by atoms with Crippen LogP contribution < -0.4 is 11.1 Å². The molecule has 1 aromatic carbocycles. The predicted octanol–water partition coefficient (Wildman–Crippen LogP) is 1.45. The fourth-order valence-electron chi connectivity index (χ4n) is 2.59. The molecule has 2 atom stereocenters. The lowest BCUT2D eigenvalue weighted by Crippen LogP contribution is -2.45. The Morgan fingerprint density at radius 3 is 2.56 bits per heavy atom. The molecule has 1 fully saturated rings. The number of rotatable bonds is 6. The second-order valence-electron chi connectivity index (χ2n) is 5.31. The highest BCUT2D eigenvalue weighted by molar-refractivity contribution is 5.16. The van der Waals surface area contributed by atoms with Crippen LogP contribution in [0, 0.1) is 0 Å². The van der Waals surface area contributed by atoms with E-state index in [-0.39, 0.29) is 6.04 Å². The van der Waals surface area contributed by atoms with Gasteiger partial charge < -0.3 is 16.2 Å². The lowest BCUT2D eigenvalue weighted by atomic mass is 10.0. The Morgan fingerprint density at radius 2 is 1.89 bits per heavy atom. The van der Waals surface area contributed by atoms with Gasteiger partial charge in [-0.05, 0) is 24.8 Å². The van der Waals surface area contributed by atoms with E-state index in [4.69, 9.17) is 5.73 Å². The molecule has 1 aliphatic rings. The summed E-state index contributed by atoms with van der Waals surface area (Å²) in [6.07, 6.45) is 5.36. The van der Waals surface area contributed by atoms with E-state index in [0.29, 0.717) is 12.6 Å². The smallest absolute Gasteiger partial charge is 0.0818 e. The monoisotopic (exact) mass is 248 g/mol. The molecule has 0 saturated heterocycles. The molecule has 1 aliphatic carbocycles. The maximum atomic E-state index is 10.1. The van der Waals surface area contributed by atoms with Crippen molar-refractivity contribution in [3.05, 3.63) is 35.9 Å². The van der Waals surface area contributed by atoms with Crippen molar-refractivity contribution in [1.82, 2.24) is 5.32 Å². The molecule has 0 bridgehead atoms. The van der Waals surface area contributed by atoms with E-state index in [0.717, 1.165) is 6.42 Å². The molecule has 4 N–H and O–H groups in total. The molecule has 0 heterocycles. The summed E-state index contributed by atoms with van der Waals surface area (Å²) in [6, 6.07) is 10.5. The van der Waals surface area contributed by atoms with E-state index in [2.05, 4.69) is 17.4 Å². The lowest BCUT2D eigenvalue weighted by molar-refractivity contribution is 0.138. The van der Waals surface area contributed by atoms with Crippen LogP contribution in [0.15, 0.2) is 30.3 Å². The second kappa shape index (κ2) is 6.88. The summed E-state index contributed by atoms with van der Waals surface area (Å²) in [7, 11) is 0. The van der Waals surface area contributed by atoms with Crippen LogP contribution >= 0.6 is 0 Å². The fourth-order valence-corrected chi connectivity index (χ4v) is 2.59. The number of aliphatic hydroxyl groups excluding tert-OH is 1. The summed E-state index contributed by atoms with van der Waals surface area (Å²) in [4.78, 5) is 0. The maximum Gasteiger partial charge on any atom is 0.0818 e. The number of hydrogen-bond donors (Lipinski definition) is 3. The fraction of sp³-hybridized carbons (Fsp3) is 0.600. The van der Waals surface area contributed by atoms with Crippen LogP contribution in [-0.2, 0) is 6.42 Å². The molecule has 2 rings (SSSR count). The average molecular weight is 248 g/mol. The maximum absolute atomic E-state index is 10.1. The van der Waals surface area contributed by atoms with Crippen LogP contribution in [0.4, 0.5) is 0 Å². The Morgan fingerprint density at radius 1 is 1.22 bits per heavy atom. The molecule has 0 spiro atoms. The number of hydrogen-bond acceptors (Lipinski definition) is 3. The molecule has 0 amide bonds. The van der Waals surface area contributed by atoms with Gasteiger partial charge in [0.25, 0.3) is 0 Å². The zero-order valence-corrected chi connectivity index (χ0v) is 10.9. The standard InChI is InChI=1S/C15H24N2O/c16-14(10-12-6-2-1-3-7-12)15(18)11-17-13-8-4-5-9-13/h1-3,6-7,13-15,17-18H,4-5,8-11,16H2. The van der Waals surface area contributed by atoms with Gasteiger partial charge in [0.05, 0.1) is 6.10 Å². The summed E-state index contributed by atoms with van der Waals surface area (Å²) in [5.74, 6) is 0. The number of benzene rings is 1. The largest absolute Gasteiger partial charge is 0.390 e. The zero-order chi connectivity index (χ0) is 12.8. The molecule has 0 radical (unpaired) electrons. The van der Waals surface area contributed by atoms with Gasteiger partial charge in [0.1, 0.15) is 0 Å². The van der Waals surface area contributed by atoms with Gasteiger partial charge in [-0.2, -0.15) is 0 Å². The zero-order valence-electron chi connectivity index (χ0n) is 10.9. The van der Waals surface area contributed by atoms with Gasteiger partial charge >= 0.3 is 0 Å². The molecule has 1 saturated carbocycles. The summed E-state index contributed by atoms with van der Waals surface area (Å²) >= 11 is 0. The van der Waals surface area contributed by atoms with E-state index in [1.807, 2.05) is 18.2 Å². The molecule has 2 unspecified atom stereocenters. The van der Waals surface area contributed by atoms with Crippen molar-refractivity contribution in [2.24, 2.45) is 5.73 Å². The molecule has 1 aromatic rings. The predicted molar refractivity (Wildman–Crippen MR) is 74.4 cm³/mol. The van der Waals surface area contributed by atoms with Crippen molar-refractivity contribution in [2.75, 3.05) is 6.54 Å². The summed E-state index contributed by atoms with van der Waals surface area (Å²) in [5.41, 5.74) is 7.23. The second-order valence-corrected chi connectivity index (χ2v) is 5.31. The SMILES string of the molecule is NC(Cc1ccccc1)C(O)CNC1CCCC1. The normalized spacial score (nSPS) is 19.9. The molecule has 0 aromatic heterocycles. The van der Waals surface area contributed by atoms with Crippen LogP contribution in [-0.4, -0.2) is 29.8 Å². The van der Waals surface area contributed by atoms with Gasteiger partial charge in [-0.15, -0.1) is 0 Å². The van der Waals surface area contributed by atoms with Gasteiger partial charge in [0, 0.05) is 18.6 Å². The first-order valence-corrected chi connectivity index (χ1v) is 6.96. The molecular formula is C15H24N2O. The number of nitrogens with two attached hydrogens (primary N) is 1. The highest BCUT2D eigenvalue weighted by Gasteiger charge is 2.19. The minimum absolute atomic E-state index is 0.193. The highest BCUT2D eigenvalue weighted by Crippen LogP contribution is 2.17.